The van der Waals surface area contributed by atoms with Crippen molar-refractivity contribution < 1.29 is 33.2 Å². The Bertz CT molecular complexity index is 1640. The van der Waals surface area contributed by atoms with E-state index in [9.17, 15) is 38.4 Å². The molecule has 2 fully saturated rings. The first-order chi connectivity index (χ1) is 16.2. The SMILES string of the molecule is CN1C(=O)C(=c2oc3c(c2=C2C(=O)N(C)C(=O)N(C)C2=O)c(=O)n(C)c(=O)n3C)C(=O)N(C)C1=O. The number of nitrogens with zero attached hydrogens (tertiary/aromatic N) is 6. The lowest BCUT2D eigenvalue weighted by molar-refractivity contribution is -0.132. The predicted octanol–water partition coefficient (Wildman–Crippen LogP) is -3.77. The van der Waals surface area contributed by atoms with Gasteiger partial charge in [0.15, 0.2) is 5.42 Å². The van der Waals surface area contributed by atoms with Gasteiger partial charge in [-0.05, 0) is 0 Å². The van der Waals surface area contributed by atoms with Gasteiger partial charge in [0, 0.05) is 42.3 Å². The van der Waals surface area contributed by atoms with Gasteiger partial charge in [-0.1, -0.05) is 0 Å². The number of urea groups is 2. The molecule has 0 aromatic carbocycles. The molecule has 0 unspecified atom stereocenters. The zero-order valence-corrected chi connectivity index (χ0v) is 19.4. The highest BCUT2D eigenvalue weighted by Gasteiger charge is 2.43. The molecule has 0 atom stereocenters. The van der Waals surface area contributed by atoms with Crippen molar-refractivity contribution in [2.45, 2.75) is 0 Å². The number of barbiturate groups is 2. The number of carbonyl (C=O) groups is 6. The maximum atomic E-state index is 13.2. The van der Waals surface area contributed by atoms with Crippen LogP contribution in [0, 0.1) is 0 Å². The minimum absolute atomic E-state index is 0.436. The number of hydrogen-bond acceptors (Lipinski definition) is 9. The predicted molar refractivity (Wildman–Crippen MR) is 115 cm³/mol. The first-order valence-electron chi connectivity index (χ1n) is 9.91. The fourth-order valence-electron chi connectivity index (χ4n) is 3.89. The van der Waals surface area contributed by atoms with E-state index >= 15 is 0 Å². The number of aromatic nitrogens is 2. The van der Waals surface area contributed by atoms with Gasteiger partial charge in [-0.3, -0.25) is 52.7 Å². The summed E-state index contributed by atoms with van der Waals surface area (Å²) in [5.74, 6) is -4.53. The maximum absolute atomic E-state index is 13.2. The van der Waals surface area contributed by atoms with E-state index in [2.05, 4.69) is 0 Å². The Morgan fingerprint density at radius 1 is 0.543 bits per heavy atom. The van der Waals surface area contributed by atoms with Crippen LogP contribution in [-0.2, 0) is 33.3 Å². The summed E-state index contributed by atoms with van der Waals surface area (Å²) in [6.07, 6.45) is 0. The Morgan fingerprint density at radius 3 is 1.37 bits per heavy atom. The van der Waals surface area contributed by atoms with E-state index in [-0.39, 0.29) is 0 Å². The molecule has 2 aromatic rings. The second-order valence-corrected chi connectivity index (χ2v) is 7.96. The van der Waals surface area contributed by atoms with E-state index in [1.54, 1.807) is 0 Å². The lowest BCUT2D eigenvalue weighted by Crippen LogP contribution is -2.57. The topological polar surface area (TPSA) is 173 Å². The molecular weight excluding hydrogens is 468 g/mol. The fraction of sp³-hybridized carbons (Fsp3) is 0.300. The van der Waals surface area contributed by atoms with E-state index < -0.39 is 79.8 Å². The number of rotatable bonds is 0. The zero-order chi connectivity index (χ0) is 26.3. The number of hydrogen-bond donors (Lipinski definition) is 0. The highest BCUT2D eigenvalue weighted by atomic mass is 16.3. The normalized spacial score (nSPS) is 17.7. The van der Waals surface area contributed by atoms with Crippen molar-refractivity contribution in [3.05, 3.63) is 31.5 Å². The van der Waals surface area contributed by atoms with Crippen LogP contribution in [0.1, 0.15) is 0 Å². The van der Waals surface area contributed by atoms with Crippen LogP contribution in [0.4, 0.5) is 9.59 Å². The molecule has 182 valence electrons. The summed E-state index contributed by atoms with van der Waals surface area (Å²) < 4.78 is 7.23. The van der Waals surface area contributed by atoms with Crippen LogP contribution >= 0.6 is 0 Å². The van der Waals surface area contributed by atoms with Crippen molar-refractivity contribution in [3.8, 4) is 0 Å². The average molecular weight is 486 g/mol. The van der Waals surface area contributed by atoms with Crippen LogP contribution in [0.2, 0.25) is 0 Å². The van der Waals surface area contributed by atoms with E-state index in [0.717, 1.165) is 39.8 Å². The minimum atomic E-state index is -1.13. The Balaban J connectivity index is 2.42. The van der Waals surface area contributed by atoms with Gasteiger partial charge in [0.25, 0.3) is 29.2 Å². The molecule has 4 rings (SSSR count). The molecule has 2 aromatic heterocycles. The van der Waals surface area contributed by atoms with Gasteiger partial charge in [-0.15, -0.1) is 0 Å². The summed E-state index contributed by atoms with van der Waals surface area (Å²) in [6, 6.07) is -1.91. The molecule has 35 heavy (non-hydrogen) atoms. The summed E-state index contributed by atoms with van der Waals surface area (Å²) in [6.45, 7) is 0. The number of amides is 8. The number of imide groups is 4. The van der Waals surface area contributed by atoms with Crippen LogP contribution in [-0.4, -0.2) is 92.6 Å². The molecule has 2 aliphatic heterocycles. The Labute approximate surface area is 194 Å². The number of aryl methyl sites for hydroxylation is 1. The molecular formula is C20H18N6O9. The van der Waals surface area contributed by atoms with Crippen molar-refractivity contribution in [2.24, 2.45) is 14.1 Å². The highest BCUT2D eigenvalue weighted by molar-refractivity contribution is 6.48. The maximum Gasteiger partial charge on any atom is 0.333 e. The quantitative estimate of drug-likeness (QED) is 0.362. The summed E-state index contributed by atoms with van der Waals surface area (Å²) in [5, 5.41) is -1.00. The molecule has 4 heterocycles. The third-order valence-electron chi connectivity index (χ3n) is 5.99. The third-order valence-corrected chi connectivity index (χ3v) is 5.99. The molecule has 2 saturated heterocycles. The van der Waals surface area contributed by atoms with Crippen LogP contribution in [0.15, 0.2) is 14.0 Å². The molecule has 15 nitrogen and oxygen atoms in total. The summed E-state index contributed by atoms with van der Waals surface area (Å²) in [7, 11) is 6.74. The Kier molecular flexibility index (Phi) is 4.90. The summed E-state index contributed by atoms with van der Waals surface area (Å²) in [5.41, 5.74) is -4.43. The van der Waals surface area contributed by atoms with E-state index in [1.165, 1.54) is 7.05 Å². The largest absolute Gasteiger partial charge is 0.438 e. The van der Waals surface area contributed by atoms with Gasteiger partial charge in [0.2, 0.25) is 5.71 Å². The van der Waals surface area contributed by atoms with Crippen LogP contribution in [0.25, 0.3) is 22.2 Å². The van der Waals surface area contributed by atoms with Crippen molar-refractivity contribution in [2.75, 3.05) is 28.2 Å². The molecule has 0 aliphatic carbocycles. The van der Waals surface area contributed by atoms with Gasteiger partial charge >= 0.3 is 17.8 Å². The molecule has 0 N–H and O–H groups in total. The molecule has 0 radical (unpaired) electrons. The average Bonchev–Trinajstić information content (AvgIpc) is 3.21. The number of fused-ring (bicyclic) bond motifs is 1. The highest BCUT2D eigenvalue weighted by Crippen LogP contribution is 2.18. The zero-order valence-electron chi connectivity index (χ0n) is 19.4. The van der Waals surface area contributed by atoms with Crippen LogP contribution < -0.4 is 21.9 Å². The number of carbonyl (C=O) groups excluding carboxylic acids is 6. The van der Waals surface area contributed by atoms with Gasteiger partial charge in [0.05, 0.1) is 5.22 Å². The van der Waals surface area contributed by atoms with E-state index in [1.807, 2.05) is 0 Å². The van der Waals surface area contributed by atoms with Crippen LogP contribution in [0.5, 0.6) is 0 Å². The van der Waals surface area contributed by atoms with Crippen molar-refractivity contribution in [3.63, 3.8) is 0 Å². The first-order valence-corrected chi connectivity index (χ1v) is 9.91. The van der Waals surface area contributed by atoms with Crippen molar-refractivity contribution in [1.29, 1.82) is 0 Å². The van der Waals surface area contributed by atoms with Gasteiger partial charge in [0.1, 0.15) is 16.5 Å². The van der Waals surface area contributed by atoms with Crippen molar-refractivity contribution >= 4 is 57.9 Å². The summed E-state index contributed by atoms with van der Waals surface area (Å²) >= 11 is 0. The number of furan rings is 1. The Morgan fingerprint density at radius 2 is 0.943 bits per heavy atom. The third kappa shape index (κ3) is 2.84. The molecule has 15 heteroatoms. The summed E-state index contributed by atoms with van der Waals surface area (Å²) in [4.78, 5) is 105. The van der Waals surface area contributed by atoms with Gasteiger partial charge in [-0.2, -0.15) is 0 Å². The molecule has 0 bridgehead atoms. The second-order valence-electron chi connectivity index (χ2n) is 7.96. The second kappa shape index (κ2) is 7.34. The molecule has 2 aliphatic rings. The molecule has 0 saturated carbocycles. The molecule has 0 spiro atoms. The lowest BCUT2D eigenvalue weighted by atomic mass is 10.0. The Hall–Kier alpha value is -4.82. The fourth-order valence-corrected chi connectivity index (χ4v) is 3.89. The lowest BCUT2D eigenvalue weighted by Gasteiger charge is -2.29. The van der Waals surface area contributed by atoms with Crippen molar-refractivity contribution in [1.82, 2.24) is 28.7 Å². The first kappa shape index (κ1) is 23.3. The van der Waals surface area contributed by atoms with Gasteiger partial charge in [-0.25, -0.2) is 14.4 Å². The monoisotopic (exact) mass is 486 g/mol. The van der Waals surface area contributed by atoms with Crippen LogP contribution in [0.3, 0.4) is 0 Å². The standard InChI is InChI=1S/C20H18N6O9/c1-21-12(27)8(13(28)22(2)18(21)32)7-9-14(29)23(3)20(34)26(6)17(9)35-11(7)10-15(30)24(4)19(33)25(5)16(10)31/h1-6H3. The van der Waals surface area contributed by atoms with E-state index in [0.29, 0.717) is 24.2 Å². The van der Waals surface area contributed by atoms with E-state index in [4.69, 9.17) is 4.42 Å². The van der Waals surface area contributed by atoms with Gasteiger partial charge < -0.3 is 4.42 Å². The minimum Gasteiger partial charge on any atom is -0.438 e. The molecule has 8 amide bonds. The smallest absolute Gasteiger partial charge is 0.333 e.